The minimum Gasteiger partial charge on any atom is -0.347 e. The lowest BCUT2D eigenvalue weighted by Gasteiger charge is -2.07. The molecule has 1 aromatic carbocycles. The number of nitrogens with one attached hydrogen (secondary N) is 2. The predicted molar refractivity (Wildman–Crippen MR) is 92.2 cm³/mol. The summed E-state index contributed by atoms with van der Waals surface area (Å²) in [6.07, 6.45) is 6.30. The molecule has 120 valence electrons. The summed E-state index contributed by atoms with van der Waals surface area (Å²) in [6.45, 7) is 0.411. The van der Waals surface area contributed by atoms with E-state index in [4.69, 9.17) is 11.6 Å². The van der Waals surface area contributed by atoms with Crippen molar-refractivity contribution in [1.29, 1.82) is 0 Å². The molecular weight excluding hydrogens is 326 g/mol. The van der Waals surface area contributed by atoms with E-state index < -0.39 is 0 Å². The van der Waals surface area contributed by atoms with Crippen molar-refractivity contribution in [3.8, 4) is 0 Å². The van der Waals surface area contributed by atoms with Gasteiger partial charge in [0, 0.05) is 29.6 Å². The number of halogens is 1. The van der Waals surface area contributed by atoms with Gasteiger partial charge in [0.05, 0.1) is 12.4 Å². The molecule has 7 heteroatoms. The number of amides is 1. The Labute approximate surface area is 143 Å². The Morgan fingerprint density at radius 2 is 1.75 bits per heavy atom. The van der Waals surface area contributed by atoms with E-state index >= 15 is 0 Å². The lowest BCUT2D eigenvalue weighted by atomic mass is 10.2. The number of carbonyl (C=O) groups excluding carboxylic acids is 1. The van der Waals surface area contributed by atoms with Crippen LogP contribution in [0.4, 0.5) is 11.5 Å². The molecule has 2 heterocycles. The van der Waals surface area contributed by atoms with E-state index in [1.54, 1.807) is 24.5 Å². The average Bonchev–Trinajstić information content (AvgIpc) is 2.63. The van der Waals surface area contributed by atoms with Gasteiger partial charge in [-0.05, 0) is 42.0 Å². The zero-order chi connectivity index (χ0) is 16.8. The molecule has 0 spiro atoms. The maximum absolute atomic E-state index is 12.1. The van der Waals surface area contributed by atoms with Gasteiger partial charge in [-0.2, -0.15) is 0 Å². The number of anilines is 2. The first-order valence-corrected chi connectivity index (χ1v) is 7.60. The Bertz CT molecular complexity index is 807. The molecular formula is C17H14ClN5O. The van der Waals surface area contributed by atoms with E-state index in [1.165, 1.54) is 12.4 Å². The fraction of sp³-hybridized carbons (Fsp3) is 0.0588. The summed E-state index contributed by atoms with van der Waals surface area (Å²) in [5, 5.41) is 6.53. The van der Waals surface area contributed by atoms with Gasteiger partial charge in [0.2, 0.25) is 0 Å². The molecule has 3 rings (SSSR count). The third kappa shape index (κ3) is 4.27. The Hall–Kier alpha value is -2.99. The van der Waals surface area contributed by atoms with Crippen LogP contribution in [0.2, 0.25) is 5.02 Å². The van der Waals surface area contributed by atoms with Gasteiger partial charge in [-0.1, -0.05) is 11.6 Å². The van der Waals surface area contributed by atoms with E-state index in [0.717, 1.165) is 11.3 Å². The van der Waals surface area contributed by atoms with Gasteiger partial charge in [0.25, 0.3) is 5.91 Å². The van der Waals surface area contributed by atoms with E-state index in [2.05, 4.69) is 25.6 Å². The molecule has 0 saturated heterocycles. The molecule has 24 heavy (non-hydrogen) atoms. The third-order valence-corrected chi connectivity index (χ3v) is 3.46. The molecule has 6 nitrogen and oxygen atoms in total. The summed E-state index contributed by atoms with van der Waals surface area (Å²) in [6, 6.07) is 10.9. The molecule has 2 N–H and O–H groups in total. The summed E-state index contributed by atoms with van der Waals surface area (Å²) in [5.41, 5.74) is 2.06. The number of aromatic nitrogens is 3. The largest absolute Gasteiger partial charge is 0.347 e. The van der Waals surface area contributed by atoms with Crippen molar-refractivity contribution < 1.29 is 4.79 Å². The lowest BCUT2D eigenvalue weighted by Crippen LogP contribution is -2.24. The molecule has 1 amide bonds. The molecule has 0 saturated carbocycles. The highest BCUT2D eigenvalue weighted by atomic mass is 35.5. The molecule has 0 aliphatic heterocycles. The van der Waals surface area contributed by atoms with Crippen molar-refractivity contribution >= 4 is 29.0 Å². The van der Waals surface area contributed by atoms with Gasteiger partial charge in [0.15, 0.2) is 0 Å². The van der Waals surface area contributed by atoms with Crippen LogP contribution in [0, 0.1) is 0 Å². The molecule has 0 bridgehead atoms. The second-order valence-electron chi connectivity index (χ2n) is 4.96. The number of rotatable bonds is 5. The summed E-state index contributed by atoms with van der Waals surface area (Å²) in [7, 11) is 0. The van der Waals surface area contributed by atoms with Crippen LogP contribution in [-0.2, 0) is 6.54 Å². The van der Waals surface area contributed by atoms with E-state index in [0.29, 0.717) is 17.4 Å². The summed E-state index contributed by atoms with van der Waals surface area (Å²) < 4.78 is 0. The molecule has 0 radical (unpaired) electrons. The van der Waals surface area contributed by atoms with Gasteiger partial charge < -0.3 is 10.6 Å². The summed E-state index contributed by atoms with van der Waals surface area (Å²) >= 11 is 5.84. The fourth-order valence-electron chi connectivity index (χ4n) is 1.96. The van der Waals surface area contributed by atoms with Crippen molar-refractivity contribution in [2.75, 3.05) is 5.32 Å². The van der Waals surface area contributed by atoms with Gasteiger partial charge in [-0.15, -0.1) is 0 Å². The first kappa shape index (κ1) is 15.9. The fourth-order valence-corrected chi connectivity index (χ4v) is 2.09. The van der Waals surface area contributed by atoms with Crippen LogP contribution in [0.15, 0.2) is 61.2 Å². The number of hydrogen-bond acceptors (Lipinski definition) is 5. The van der Waals surface area contributed by atoms with Gasteiger partial charge in [0.1, 0.15) is 11.5 Å². The molecule has 0 atom stereocenters. The van der Waals surface area contributed by atoms with Gasteiger partial charge in [-0.25, -0.2) is 9.97 Å². The first-order valence-electron chi connectivity index (χ1n) is 7.22. The molecule has 0 aliphatic rings. The van der Waals surface area contributed by atoms with Crippen LogP contribution < -0.4 is 10.6 Å². The molecule has 0 unspecified atom stereocenters. The Morgan fingerprint density at radius 1 is 1.00 bits per heavy atom. The Kier molecular flexibility index (Phi) is 4.98. The number of hydrogen-bond donors (Lipinski definition) is 2. The highest BCUT2D eigenvalue weighted by Gasteiger charge is 2.08. The van der Waals surface area contributed by atoms with Crippen molar-refractivity contribution in [1.82, 2.24) is 20.3 Å². The minimum absolute atomic E-state index is 0.255. The number of pyridine rings is 1. The zero-order valence-corrected chi connectivity index (χ0v) is 13.4. The lowest BCUT2D eigenvalue weighted by molar-refractivity contribution is 0.0945. The quantitative estimate of drug-likeness (QED) is 0.746. The number of carbonyl (C=O) groups is 1. The number of nitrogens with zero attached hydrogens (tertiary/aromatic N) is 3. The van der Waals surface area contributed by atoms with Crippen LogP contribution in [0.1, 0.15) is 16.1 Å². The maximum Gasteiger partial charge on any atom is 0.271 e. The molecule has 0 fully saturated rings. The second kappa shape index (κ2) is 7.52. The predicted octanol–water partition coefficient (Wildman–Crippen LogP) is 3.20. The monoisotopic (exact) mass is 339 g/mol. The Morgan fingerprint density at radius 3 is 2.42 bits per heavy atom. The smallest absolute Gasteiger partial charge is 0.271 e. The first-order chi connectivity index (χ1) is 11.7. The zero-order valence-electron chi connectivity index (χ0n) is 12.6. The van der Waals surface area contributed by atoms with E-state index in [-0.39, 0.29) is 11.6 Å². The van der Waals surface area contributed by atoms with Crippen LogP contribution in [-0.4, -0.2) is 20.9 Å². The van der Waals surface area contributed by atoms with Crippen molar-refractivity contribution in [3.63, 3.8) is 0 Å². The SMILES string of the molecule is O=C(NCc1ccncc1)c1cnc(Nc2ccc(Cl)cc2)cn1. The van der Waals surface area contributed by atoms with Crippen LogP contribution in [0.3, 0.4) is 0 Å². The van der Waals surface area contributed by atoms with Crippen molar-refractivity contribution in [2.24, 2.45) is 0 Å². The maximum atomic E-state index is 12.1. The van der Waals surface area contributed by atoms with E-state index in [9.17, 15) is 4.79 Å². The summed E-state index contributed by atoms with van der Waals surface area (Å²) in [5.74, 6) is 0.264. The third-order valence-electron chi connectivity index (χ3n) is 3.20. The Balaban J connectivity index is 1.59. The normalized spacial score (nSPS) is 10.2. The highest BCUT2D eigenvalue weighted by Crippen LogP contribution is 2.16. The second-order valence-corrected chi connectivity index (χ2v) is 5.39. The van der Waals surface area contributed by atoms with E-state index in [1.807, 2.05) is 24.3 Å². The highest BCUT2D eigenvalue weighted by molar-refractivity contribution is 6.30. The summed E-state index contributed by atoms with van der Waals surface area (Å²) in [4.78, 5) is 24.3. The minimum atomic E-state index is -0.280. The van der Waals surface area contributed by atoms with Crippen LogP contribution in [0.25, 0.3) is 0 Å². The van der Waals surface area contributed by atoms with Crippen molar-refractivity contribution in [2.45, 2.75) is 6.54 Å². The van der Waals surface area contributed by atoms with Crippen LogP contribution >= 0.6 is 11.6 Å². The van der Waals surface area contributed by atoms with Gasteiger partial charge >= 0.3 is 0 Å². The van der Waals surface area contributed by atoms with Crippen molar-refractivity contribution in [3.05, 3.63) is 77.5 Å². The van der Waals surface area contributed by atoms with Gasteiger partial charge in [-0.3, -0.25) is 9.78 Å². The topological polar surface area (TPSA) is 79.8 Å². The standard InChI is InChI=1S/C17H14ClN5O/c18-13-1-3-14(4-2-13)23-16-11-20-15(10-21-16)17(24)22-9-12-5-7-19-8-6-12/h1-8,10-11H,9H2,(H,21,23)(H,22,24). The average molecular weight is 340 g/mol. The number of benzene rings is 1. The molecule has 2 aromatic heterocycles. The van der Waals surface area contributed by atoms with Crippen LogP contribution in [0.5, 0.6) is 0 Å². The molecule has 0 aliphatic carbocycles. The molecule has 3 aromatic rings.